The Morgan fingerprint density at radius 2 is 1.56 bits per heavy atom. The van der Waals surface area contributed by atoms with Crippen LogP contribution in [0.4, 0.5) is 0 Å². The summed E-state index contributed by atoms with van der Waals surface area (Å²) in [5.74, 6) is -2.90. The number of nitrogens with zero attached hydrogens (tertiary/aromatic N) is 4. The van der Waals surface area contributed by atoms with Gasteiger partial charge in [0.1, 0.15) is 12.1 Å². The van der Waals surface area contributed by atoms with Gasteiger partial charge in [0.05, 0.1) is 48.8 Å². The van der Waals surface area contributed by atoms with Gasteiger partial charge in [0.25, 0.3) is 11.8 Å². The molecule has 0 spiro atoms. The molecule has 3 heterocycles. The quantitative estimate of drug-likeness (QED) is 0.100. The second-order valence-electron chi connectivity index (χ2n) is 19.4. The third-order valence-electron chi connectivity index (χ3n) is 14.8. The molecule has 366 valence electrons. The number of hydrogen-bond acceptors (Lipinski definition) is 10. The van der Waals surface area contributed by atoms with Gasteiger partial charge in [-0.3, -0.25) is 38.5 Å². The summed E-state index contributed by atoms with van der Waals surface area (Å²) in [5, 5.41) is 16.9. The number of fused-ring (bicyclic) bond motifs is 2. The Labute approximate surface area is 391 Å². The van der Waals surface area contributed by atoms with Gasteiger partial charge in [-0.2, -0.15) is 0 Å². The van der Waals surface area contributed by atoms with E-state index in [1.165, 1.54) is 24.2 Å². The molecule has 3 fully saturated rings. The third kappa shape index (κ3) is 12.1. The molecule has 3 aliphatic heterocycles. The highest BCUT2D eigenvalue weighted by atomic mass is 16.5. The second-order valence-corrected chi connectivity index (χ2v) is 19.4. The highest BCUT2D eigenvalue weighted by Crippen LogP contribution is 2.43. The fraction of sp³-hybridized carbons (Fsp3) is 0.700. The number of benzene rings is 1. The normalized spacial score (nSPS) is 24.0. The Balaban J connectivity index is 1.22. The number of unbranched alkanes of at least 4 members (excludes halogenated alkanes) is 2. The Morgan fingerprint density at radius 3 is 2.18 bits per heavy atom. The van der Waals surface area contributed by atoms with Crippen molar-refractivity contribution < 1.29 is 48.1 Å². The van der Waals surface area contributed by atoms with Crippen molar-refractivity contribution in [2.75, 3.05) is 34.4 Å². The molecule has 5 rings (SSSR count). The van der Waals surface area contributed by atoms with Crippen LogP contribution in [-0.2, 0) is 43.0 Å². The van der Waals surface area contributed by atoms with Gasteiger partial charge in [-0.25, -0.2) is 0 Å². The first-order valence-electron chi connectivity index (χ1n) is 24.3. The minimum absolute atomic E-state index is 0.00313. The lowest BCUT2D eigenvalue weighted by Crippen LogP contribution is -2.60. The Hall–Kier alpha value is -4.67. The first-order chi connectivity index (χ1) is 31.4. The summed E-state index contributed by atoms with van der Waals surface area (Å²) in [6.45, 7) is 12.1. The number of carbonyl (C=O) groups excluding carboxylic acids is 7. The van der Waals surface area contributed by atoms with Crippen molar-refractivity contribution in [3.8, 4) is 0 Å². The second kappa shape index (κ2) is 23.9. The zero-order valence-corrected chi connectivity index (χ0v) is 40.6. The fourth-order valence-electron chi connectivity index (χ4n) is 10.8. The number of hydrogen-bond donors (Lipinski definition) is 3. The molecule has 2 saturated heterocycles. The molecule has 4 aliphatic rings. The average Bonchev–Trinajstić information content (AvgIpc) is 4.13. The molecule has 16 nitrogen and oxygen atoms in total. The maximum absolute atomic E-state index is 14.7. The Morgan fingerprint density at radius 1 is 0.879 bits per heavy atom. The zero-order chi connectivity index (χ0) is 48.4. The van der Waals surface area contributed by atoms with Gasteiger partial charge >= 0.3 is 0 Å². The van der Waals surface area contributed by atoms with Gasteiger partial charge in [-0.05, 0) is 75.2 Å². The number of imide groups is 1. The van der Waals surface area contributed by atoms with E-state index in [0.29, 0.717) is 50.8 Å². The molecule has 0 aromatic heterocycles. The van der Waals surface area contributed by atoms with Crippen LogP contribution in [0.2, 0.25) is 0 Å². The lowest BCUT2D eigenvalue weighted by atomic mass is 9.89. The third-order valence-corrected chi connectivity index (χ3v) is 14.8. The standard InChI is InChI=1S/C50H76N6O10/c1-10-31(4)44(38(65-8)29-42(60)54-27-17-20-37(54)47(66-9)32(5)48(62)51-33(6)46(61)34-18-13-11-14-19-34)53(7)50(64)43(30(2)3)52-49(63)45-35-22-23-36(28-35)56(45)41(59)21-15-12-16-26-55-39(57)24-25-40(55)58/h11,13-14,18-19,24-25,30-33,35-38,43-47,61H,10,12,15-17,20-23,26-29H2,1-9H3,(H,51,62)(H,52,63)/t31-,32+,33+,35?,36-,37-,38+,43-,44-,45?,46+,47+/m0/s1. The highest BCUT2D eigenvalue weighted by molar-refractivity contribution is 6.12. The number of piperidine rings is 1. The van der Waals surface area contributed by atoms with E-state index in [1.54, 1.807) is 42.7 Å². The number of aliphatic hydroxyl groups is 1. The Kier molecular flexibility index (Phi) is 18.9. The van der Waals surface area contributed by atoms with E-state index in [-0.39, 0.29) is 84.0 Å². The van der Waals surface area contributed by atoms with Crippen LogP contribution in [0.15, 0.2) is 42.5 Å². The van der Waals surface area contributed by atoms with Crippen LogP contribution < -0.4 is 10.6 Å². The number of likely N-dealkylation sites (tertiary alicyclic amines) is 2. The van der Waals surface area contributed by atoms with Crippen LogP contribution in [0.25, 0.3) is 0 Å². The summed E-state index contributed by atoms with van der Waals surface area (Å²) in [6, 6.07) is 6.03. The van der Waals surface area contributed by atoms with Crippen LogP contribution in [0.1, 0.15) is 124 Å². The first kappa shape index (κ1) is 52.3. The fourth-order valence-corrected chi connectivity index (χ4v) is 10.8. The van der Waals surface area contributed by atoms with Gasteiger partial charge in [0.2, 0.25) is 29.5 Å². The molecule has 1 aromatic rings. The smallest absolute Gasteiger partial charge is 0.253 e. The molecule has 7 amide bonds. The number of methoxy groups -OCH3 is 2. The van der Waals surface area contributed by atoms with Crippen molar-refractivity contribution in [1.29, 1.82) is 0 Å². The predicted octanol–water partition coefficient (Wildman–Crippen LogP) is 4.15. The zero-order valence-electron chi connectivity index (χ0n) is 40.6. The van der Waals surface area contributed by atoms with Crippen LogP contribution in [0, 0.1) is 23.7 Å². The summed E-state index contributed by atoms with van der Waals surface area (Å²) in [7, 11) is 4.78. The van der Waals surface area contributed by atoms with E-state index in [9.17, 15) is 38.7 Å². The minimum Gasteiger partial charge on any atom is -0.386 e. The number of aliphatic hydroxyl groups excluding tert-OH is 1. The van der Waals surface area contributed by atoms with Crippen molar-refractivity contribution in [2.45, 2.75) is 167 Å². The maximum Gasteiger partial charge on any atom is 0.253 e. The molecule has 66 heavy (non-hydrogen) atoms. The minimum atomic E-state index is -0.904. The summed E-state index contributed by atoms with van der Waals surface area (Å²) < 4.78 is 12.0. The average molecular weight is 921 g/mol. The summed E-state index contributed by atoms with van der Waals surface area (Å²) in [4.78, 5) is 101. The van der Waals surface area contributed by atoms with Gasteiger partial charge in [-0.1, -0.05) is 77.8 Å². The molecule has 3 N–H and O–H groups in total. The Bertz CT molecular complexity index is 1880. The van der Waals surface area contributed by atoms with Crippen LogP contribution >= 0.6 is 0 Å². The number of amides is 7. The van der Waals surface area contributed by atoms with Crippen LogP contribution in [0.5, 0.6) is 0 Å². The molecule has 12 atom stereocenters. The van der Waals surface area contributed by atoms with Crippen LogP contribution in [-0.4, -0.2) is 149 Å². The van der Waals surface area contributed by atoms with Crippen molar-refractivity contribution in [1.82, 2.24) is 30.2 Å². The molecule has 1 saturated carbocycles. The predicted molar refractivity (Wildman–Crippen MR) is 248 cm³/mol. The monoisotopic (exact) mass is 921 g/mol. The molecule has 2 bridgehead atoms. The molecule has 16 heteroatoms. The van der Waals surface area contributed by atoms with Gasteiger partial charge in [0.15, 0.2) is 0 Å². The van der Waals surface area contributed by atoms with Crippen molar-refractivity contribution >= 4 is 41.4 Å². The van der Waals surface area contributed by atoms with Crippen LogP contribution in [0.3, 0.4) is 0 Å². The number of likely N-dealkylation sites (N-methyl/N-ethyl adjacent to an activating group) is 1. The topological polar surface area (TPSA) is 195 Å². The van der Waals surface area contributed by atoms with Gasteiger partial charge < -0.3 is 39.9 Å². The largest absolute Gasteiger partial charge is 0.386 e. The molecule has 0 radical (unpaired) electrons. The maximum atomic E-state index is 14.7. The van der Waals surface area contributed by atoms with Crippen molar-refractivity contribution in [2.24, 2.45) is 23.7 Å². The van der Waals surface area contributed by atoms with E-state index in [1.807, 2.05) is 58.0 Å². The lowest BCUT2D eigenvalue weighted by Gasteiger charge is -2.41. The molecule has 1 aliphatic carbocycles. The highest BCUT2D eigenvalue weighted by Gasteiger charge is 2.52. The van der Waals surface area contributed by atoms with E-state index < -0.39 is 48.4 Å². The van der Waals surface area contributed by atoms with E-state index in [2.05, 4.69) is 10.6 Å². The molecule has 2 unspecified atom stereocenters. The van der Waals surface area contributed by atoms with Crippen molar-refractivity contribution in [3.63, 3.8) is 0 Å². The molecule has 1 aromatic carbocycles. The number of nitrogens with one attached hydrogen (secondary N) is 2. The SMILES string of the molecule is CC[C@H](C)[C@@H]([C@@H](CC(=O)N1CCC[C@H]1[C@H](OC)[C@@H](C)C(=O)N[C@H](C)[C@@H](O)c1ccccc1)OC)N(C)C(=O)[C@@H](NC(=O)C1C2CC[C@@H](C2)N1C(=O)CCCCCN1C(=O)C=CC1=O)C(C)C. The summed E-state index contributed by atoms with van der Waals surface area (Å²) in [5.41, 5.74) is 0.693. The van der Waals surface area contributed by atoms with Crippen molar-refractivity contribution in [3.05, 3.63) is 48.0 Å². The van der Waals surface area contributed by atoms with Gasteiger partial charge in [-0.15, -0.1) is 0 Å². The molecular formula is C50H76N6O10. The van der Waals surface area contributed by atoms with E-state index in [4.69, 9.17) is 9.47 Å². The van der Waals surface area contributed by atoms with E-state index >= 15 is 0 Å². The number of rotatable bonds is 24. The summed E-state index contributed by atoms with van der Waals surface area (Å²) >= 11 is 0. The first-order valence-corrected chi connectivity index (χ1v) is 24.3. The lowest BCUT2D eigenvalue weighted by molar-refractivity contribution is -0.149. The summed E-state index contributed by atoms with van der Waals surface area (Å²) in [6.07, 6.45) is 6.76. The number of ether oxygens (including phenoxy) is 2. The number of carbonyl (C=O) groups is 7. The molecular weight excluding hydrogens is 845 g/mol. The van der Waals surface area contributed by atoms with E-state index in [0.717, 1.165) is 25.7 Å². The van der Waals surface area contributed by atoms with Gasteiger partial charge in [0, 0.05) is 59.0 Å².